The molecule has 9 heteroatoms. The maximum atomic E-state index is 11.2. The molecule has 0 radical (unpaired) electrons. The van der Waals surface area contributed by atoms with Crippen LogP contribution < -0.4 is 0 Å². The van der Waals surface area contributed by atoms with E-state index in [2.05, 4.69) is 15.9 Å². The van der Waals surface area contributed by atoms with Gasteiger partial charge in [0.25, 0.3) is 0 Å². The Hall–Kier alpha value is -1.19. The van der Waals surface area contributed by atoms with Crippen molar-refractivity contribution in [2.75, 3.05) is 6.61 Å². The zero-order chi connectivity index (χ0) is 16.2. The quantitative estimate of drug-likeness (QED) is 0.416. The number of aliphatic hydroxyl groups is 1. The van der Waals surface area contributed by atoms with Crippen LogP contribution >= 0.6 is 15.9 Å². The summed E-state index contributed by atoms with van der Waals surface area (Å²) in [6, 6.07) is 0. The van der Waals surface area contributed by atoms with E-state index in [1.807, 2.05) is 0 Å². The average molecular weight is 369 g/mol. The fourth-order valence-electron chi connectivity index (χ4n) is 1.88. The number of alkyl halides is 1. The first kappa shape index (κ1) is 17.9. The van der Waals surface area contributed by atoms with Crippen molar-refractivity contribution in [3.63, 3.8) is 0 Å². The summed E-state index contributed by atoms with van der Waals surface area (Å²) in [7, 11) is 0. The van der Waals surface area contributed by atoms with Crippen molar-refractivity contribution in [2.45, 2.75) is 50.2 Å². The van der Waals surface area contributed by atoms with Crippen LogP contribution in [0.15, 0.2) is 0 Å². The molecule has 0 aromatic heterocycles. The normalized spacial score (nSPS) is 32.1. The molecule has 1 rings (SSSR count). The predicted molar refractivity (Wildman–Crippen MR) is 71.3 cm³/mol. The lowest BCUT2D eigenvalue weighted by Gasteiger charge is -2.41. The van der Waals surface area contributed by atoms with Crippen molar-refractivity contribution in [2.24, 2.45) is 0 Å². The fraction of sp³-hybridized carbons (Fsp3) is 0.750. The first-order valence-corrected chi connectivity index (χ1v) is 7.09. The number of carbonyl (C=O) groups is 3. The molecular weight excluding hydrogens is 352 g/mol. The number of hydrogen-bond donors (Lipinski definition) is 1. The van der Waals surface area contributed by atoms with Gasteiger partial charge in [0.05, 0.1) is 0 Å². The Morgan fingerprint density at radius 3 is 2.05 bits per heavy atom. The van der Waals surface area contributed by atoms with Crippen molar-refractivity contribution < 1.29 is 38.4 Å². The highest BCUT2D eigenvalue weighted by atomic mass is 79.9. The molecule has 0 saturated carbocycles. The minimum atomic E-state index is -1.32. The molecule has 8 nitrogen and oxygen atoms in total. The fourth-order valence-corrected chi connectivity index (χ4v) is 2.41. The summed E-state index contributed by atoms with van der Waals surface area (Å²) in [5.74, 6) is -1.79. The molecule has 0 aromatic rings. The van der Waals surface area contributed by atoms with Crippen LogP contribution in [0, 0.1) is 0 Å². The molecule has 0 spiro atoms. The number of esters is 3. The third-order valence-corrected chi connectivity index (χ3v) is 3.62. The van der Waals surface area contributed by atoms with E-state index in [1.165, 1.54) is 20.8 Å². The molecule has 1 N–H and O–H groups in total. The predicted octanol–water partition coefficient (Wildman–Crippen LogP) is -0.106. The summed E-state index contributed by atoms with van der Waals surface area (Å²) in [6.45, 7) is 3.33. The molecule has 0 aliphatic carbocycles. The van der Waals surface area contributed by atoms with Crippen LogP contribution in [0.5, 0.6) is 0 Å². The van der Waals surface area contributed by atoms with Crippen LogP contribution in [0.1, 0.15) is 20.8 Å². The highest BCUT2D eigenvalue weighted by Crippen LogP contribution is 2.30. The minimum Gasteiger partial charge on any atom is -0.463 e. The topological polar surface area (TPSA) is 108 Å². The van der Waals surface area contributed by atoms with Gasteiger partial charge >= 0.3 is 17.9 Å². The van der Waals surface area contributed by atoms with Crippen molar-refractivity contribution in [3.05, 3.63) is 0 Å². The highest BCUT2D eigenvalue weighted by Gasteiger charge is 2.48. The van der Waals surface area contributed by atoms with E-state index < -0.39 is 47.3 Å². The van der Waals surface area contributed by atoms with Gasteiger partial charge in [0, 0.05) is 20.8 Å². The molecule has 120 valence electrons. The van der Waals surface area contributed by atoms with E-state index in [0.29, 0.717) is 0 Å². The van der Waals surface area contributed by atoms with Crippen LogP contribution in [-0.2, 0) is 33.3 Å². The van der Waals surface area contributed by atoms with E-state index in [4.69, 9.17) is 18.9 Å². The number of hydrogen-bond acceptors (Lipinski definition) is 8. The van der Waals surface area contributed by atoms with Gasteiger partial charge in [0.1, 0.15) is 17.5 Å². The molecule has 0 amide bonds. The van der Waals surface area contributed by atoms with Gasteiger partial charge in [-0.2, -0.15) is 0 Å². The van der Waals surface area contributed by atoms with E-state index >= 15 is 0 Å². The van der Waals surface area contributed by atoms with Crippen LogP contribution in [0.25, 0.3) is 0 Å². The van der Waals surface area contributed by atoms with Gasteiger partial charge < -0.3 is 24.1 Å². The van der Waals surface area contributed by atoms with Crippen LogP contribution in [0.2, 0.25) is 0 Å². The van der Waals surface area contributed by atoms with E-state index in [-0.39, 0.29) is 6.61 Å². The average Bonchev–Trinajstić information content (AvgIpc) is 2.35. The molecule has 0 unspecified atom stereocenters. The van der Waals surface area contributed by atoms with Crippen molar-refractivity contribution in [1.82, 2.24) is 0 Å². The Kier molecular flexibility index (Phi) is 6.56. The summed E-state index contributed by atoms with van der Waals surface area (Å²) >= 11 is 3.14. The first-order chi connectivity index (χ1) is 9.72. The summed E-state index contributed by atoms with van der Waals surface area (Å²) < 4.78 is 20.2. The third-order valence-electron chi connectivity index (χ3n) is 2.65. The van der Waals surface area contributed by atoms with Crippen LogP contribution in [-0.4, -0.2) is 59.1 Å². The second-order valence-corrected chi connectivity index (χ2v) is 5.52. The van der Waals surface area contributed by atoms with Gasteiger partial charge in [-0.25, -0.2) is 0 Å². The maximum Gasteiger partial charge on any atom is 0.303 e. The van der Waals surface area contributed by atoms with Gasteiger partial charge in [-0.05, 0) is 0 Å². The monoisotopic (exact) mass is 368 g/mol. The molecule has 1 fully saturated rings. The largest absolute Gasteiger partial charge is 0.463 e. The number of ether oxygens (including phenoxy) is 4. The molecular formula is C12H17BrO8. The lowest BCUT2D eigenvalue weighted by atomic mass is 10.0. The third kappa shape index (κ3) is 5.25. The number of rotatable bonds is 4. The zero-order valence-corrected chi connectivity index (χ0v) is 13.4. The lowest BCUT2D eigenvalue weighted by Crippen LogP contribution is -2.59. The number of halogens is 1. The Labute approximate surface area is 129 Å². The zero-order valence-electron chi connectivity index (χ0n) is 11.8. The second-order valence-electron chi connectivity index (χ2n) is 4.46. The summed E-state index contributed by atoms with van der Waals surface area (Å²) in [5, 5.41) is 9.81. The Balaban J connectivity index is 2.94. The Morgan fingerprint density at radius 2 is 1.57 bits per heavy atom. The first-order valence-electron chi connectivity index (χ1n) is 6.17. The number of carbonyl (C=O) groups excluding carboxylic acids is 3. The molecule has 5 atom stereocenters. The lowest BCUT2D eigenvalue weighted by molar-refractivity contribution is -0.248. The van der Waals surface area contributed by atoms with Gasteiger partial charge in [-0.1, -0.05) is 15.9 Å². The summed E-state index contributed by atoms with van der Waals surface area (Å²) in [6.07, 6.45) is -4.26. The second kappa shape index (κ2) is 7.71. The molecule has 0 bridgehead atoms. The summed E-state index contributed by atoms with van der Waals surface area (Å²) in [5.41, 5.74) is 0. The van der Waals surface area contributed by atoms with Gasteiger partial charge in [0.2, 0.25) is 0 Å². The molecule has 0 aromatic carbocycles. The SMILES string of the molecule is CC(=O)OC[C@H]1O[C@H](O)[C@@H](Br)[C@@H](OC(C)=O)[C@H]1OC(C)=O. The van der Waals surface area contributed by atoms with Gasteiger partial charge in [-0.3, -0.25) is 14.4 Å². The number of aliphatic hydroxyl groups excluding tert-OH is 1. The van der Waals surface area contributed by atoms with Crippen LogP contribution in [0.3, 0.4) is 0 Å². The van der Waals surface area contributed by atoms with Crippen LogP contribution in [0.4, 0.5) is 0 Å². The Morgan fingerprint density at radius 1 is 1.05 bits per heavy atom. The highest BCUT2D eigenvalue weighted by molar-refractivity contribution is 9.09. The molecule has 1 heterocycles. The molecule has 1 aliphatic rings. The van der Waals surface area contributed by atoms with Crippen molar-refractivity contribution in [3.8, 4) is 0 Å². The smallest absolute Gasteiger partial charge is 0.303 e. The summed E-state index contributed by atoms with van der Waals surface area (Å²) in [4.78, 5) is 32.5. The van der Waals surface area contributed by atoms with E-state index in [0.717, 1.165) is 0 Å². The maximum absolute atomic E-state index is 11.2. The van der Waals surface area contributed by atoms with Crippen molar-refractivity contribution >= 4 is 33.8 Å². The van der Waals surface area contributed by atoms with Gasteiger partial charge in [0.15, 0.2) is 18.5 Å². The van der Waals surface area contributed by atoms with Crippen molar-refractivity contribution in [1.29, 1.82) is 0 Å². The van der Waals surface area contributed by atoms with Gasteiger partial charge in [-0.15, -0.1) is 0 Å². The van der Waals surface area contributed by atoms with E-state index in [9.17, 15) is 19.5 Å². The minimum absolute atomic E-state index is 0.248. The van der Waals surface area contributed by atoms with E-state index in [1.54, 1.807) is 0 Å². The molecule has 1 aliphatic heterocycles. The standard InChI is InChI=1S/C12H17BrO8/c1-5(14)18-4-8-10(19-6(2)15)11(20-7(3)16)9(13)12(17)21-8/h8-12,17H,4H2,1-3H3/t8-,9+,10+,11-,12+/m1/s1. The Bertz CT molecular complexity index is 412. The molecule has 1 saturated heterocycles. The molecule has 21 heavy (non-hydrogen) atoms.